The molecule has 3 rings (SSSR count). The summed E-state index contributed by atoms with van der Waals surface area (Å²) in [5, 5.41) is 3.39. The normalized spacial score (nSPS) is 26.6. The van der Waals surface area contributed by atoms with Crippen molar-refractivity contribution in [2.24, 2.45) is 5.92 Å². The molecule has 0 amide bonds. The molecule has 0 saturated carbocycles. The van der Waals surface area contributed by atoms with Crippen LogP contribution in [0.15, 0.2) is 18.2 Å². The predicted octanol–water partition coefficient (Wildman–Crippen LogP) is 2.10. The van der Waals surface area contributed by atoms with Crippen molar-refractivity contribution in [1.29, 1.82) is 0 Å². The van der Waals surface area contributed by atoms with Crippen LogP contribution in [0.3, 0.4) is 0 Å². The Kier molecular flexibility index (Phi) is 3.14. The Morgan fingerprint density at radius 2 is 1.94 bits per heavy atom. The fourth-order valence-corrected chi connectivity index (χ4v) is 2.35. The van der Waals surface area contributed by atoms with Gasteiger partial charge >= 0.3 is 0 Å². The first-order valence-electron chi connectivity index (χ1n) is 6.52. The minimum atomic E-state index is 0.105. The molecule has 0 aromatic heterocycles. The summed E-state index contributed by atoms with van der Waals surface area (Å²) in [6.45, 7) is 6.41. The lowest BCUT2D eigenvalue weighted by atomic mass is 10.1. The summed E-state index contributed by atoms with van der Waals surface area (Å²) in [4.78, 5) is 0. The second kappa shape index (κ2) is 4.78. The van der Waals surface area contributed by atoms with E-state index in [0.717, 1.165) is 23.6 Å². The zero-order valence-electron chi connectivity index (χ0n) is 10.8. The van der Waals surface area contributed by atoms with Crippen LogP contribution in [0.2, 0.25) is 0 Å². The molecule has 0 bridgehead atoms. The van der Waals surface area contributed by atoms with Crippen LogP contribution in [-0.4, -0.2) is 26.0 Å². The number of ether oxygens (including phenoxy) is 3. The first kappa shape index (κ1) is 11.8. The lowest BCUT2D eigenvalue weighted by Crippen LogP contribution is -2.27. The topological polar surface area (TPSA) is 39.7 Å². The largest absolute Gasteiger partial charge is 0.486 e. The van der Waals surface area contributed by atoms with Gasteiger partial charge in [0, 0.05) is 6.54 Å². The third-order valence-electron chi connectivity index (χ3n) is 3.36. The van der Waals surface area contributed by atoms with Gasteiger partial charge in [0.25, 0.3) is 0 Å². The second-order valence-electron chi connectivity index (χ2n) is 5.10. The molecule has 1 saturated heterocycles. The van der Waals surface area contributed by atoms with E-state index in [0.29, 0.717) is 19.1 Å². The summed E-state index contributed by atoms with van der Waals surface area (Å²) >= 11 is 0. The Morgan fingerprint density at radius 1 is 1.17 bits per heavy atom. The zero-order valence-corrected chi connectivity index (χ0v) is 10.8. The van der Waals surface area contributed by atoms with E-state index in [-0.39, 0.29) is 12.3 Å². The van der Waals surface area contributed by atoms with Crippen molar-refractivity contribution in [3.8, 4) is 11.5 Å². The van der Waals surface area contributed by atoms with Crippen molar-refractivity contribution in [3.63, 3.8) is 0 Å². The highest BCUT2D eigenvalue weighted by Gasteiger charge is 2.28. The predicted molar refractivity (Wildman–Crippen MR) is 67.9 cm³/mol. The number of rotatable bonds is 2. The van der Waals surface area contributed by atoms with Crippen molar-refractivity contribution in [1.82, 2.24) is 5.32 Å². The maximum atomic E-state index is 5.99. The van der Waals surface area contributed by atoms with E-state index in [4.69, 9.17) is 14.2 Å². The highest BCUT2D eigenvalue weighted by atomic mass is 16.6. The fourth-order valence-electron chi connectivity index (χ4n) is 2.35. The molecule has 2 atom stereocenters. The SMILES string of the molecule is CC(C)C1NCC(c2ccc3c(c2)OCCO3)O1. The second-order valence-corrected chi connectivity index (χ2v) is 5.10. The number of hydrogen-bond donors (Lipinski definition) is 1. The van der Waals surface area contributed by atoms with Gasteiger partial charge in [-0.1, -0.05) is 19.9 Å². The molecule has 2 heterocycles. The summed E-state index contributed by atoms with van der Waals surface area (Å²) < 4.78 is 17.1. The Labute approximate surface area is 107 Å². The summed E-state index contributed by atoms with van der Waals surface area (Å²) in [7, 11) is 0. The number of nitrogens with one attached hydrogen (secondary N) is 1. The average Bonchev–Trinajstić information content (AvgIpc) is 2.88. The monoisotopic (exact) mass is 249 g/mol. The molecule has 1 N–H and O–H groups in total. The maximum Gasteiger partial charge on any atom is 0.161 e. The van der Waals surface area contributed by atoms with Crippen LogP contribution in [0.25, 0.3) is 0 Å². The van der Waals surface area contributed by atoms with Gasteiger partial charge in [0.15, 0.2) is 11.5 Å². The number of hydrogen-bond acceptors (Lipinski definition) is 4. The molecular formula is C14H19NO3. The highest BCUT2D eigenvalue weighted by Crippen LogP contribution is 2.35. The van der Waals surface area contributed by atoms with Crippen LogP contribution in [0, 0.1) is 5.92 Å². The van der Waals surface area contributed by atoms with E-state index in [9.17, 15) is 0 Å². The maximum absolute atomic E-state index is 5.99. The van der Waals surface area contributed by atoms with E-state index in [1.54, 1.807) is 0 Å². The van der Waals surface area contributed by atoms with E-state index in [2.05, 4.69) is 25.2 Å². The third kappa shape index (κ3) is 2.18. The molecule has 4 nitrogen and oxygen atoms in total. The van der Waals surface area contributed by atoms with E-state index in [1.807, 2.05) is 12.1 Å². The zero-order chi connectivity index (χ0) is 12.5. The molecular weight excluding hydrogens is 230 g/mol. The van der Waals surface area contributed by atoms with Crippen molar-refractivity contribution in [2.75, 3.05) is 19.8 Å². The van der Waals surface area contributed by atoms with Gasteiger partial charge in [-0.15, -0.1) is 0 Å². The van der Waals surface area contributed by atoms with Crippen LogP contribution in [-0.2, 0) is 4.74 Å². The van der Waals surface area contributed by atoms with Gasteiger partial charge in [0.1, 0.15) is 19.4 Å². The van der Waals surface area contributed by atoms with Crippen LogP contribution in [0.1, 0.15) is 25.5 Å². The van der Waals surface area contributed by atoms with Crippen molar-refractivity contribution in [2.45, 2.75) is 26.2 Å². The Morgan fingerprint density at radius 3 is 2.67 bits per heavy atom. The van der Waals surface area contributed by atoms with Gasteiger partial charge in [-0.25, -0.2) is 0 Å². The first-order valence-corrected chi connectivity index (χ1v) is 6.52. The Bertz CT molecular complexity index is 433. The first-order chi connectivity index (χ1) is 8.74. The molecule has 4 heteroatoms. The van der Waals surface area contributed by atoms with Gasteiger partial charge in [0.2, 0.25) is 0 Å². The van der Waals surface area contributed by atoms with Crippen LogP contribution < -0.4 is 14.8 Å². The molecule has 1 aromatic carbocycles. The number of fused-ring (bicyclic) bond motifs is 1. The fraction of sp³-hybridized carbons (Fsp3) is 0.571. The van der Waals surface area contributed by atoms with E-state index in [1.165, 1.54) is 0 Å². The van der Waals surface area contributed by atoms with Gasteiger partial charge in [-0.2, -0.15) is 0 Å². The lowest BCUT2D eigenvalue weighted by molar-refractivity contribution is 0.0134. The van der Waals surface area contributed by atoms with Crippen LogP contribution in [0.5, 0.6) is 11.5 Å². The van der Waals surface area contributed by atoms with Gasteiger partial charge in [-0.3, -0.25) is 5.32 Å². The van der Waals surface area contributed by atoms with E-state index < -0.39 is 0 Å². The van der Waals surface area contributed by atoms with Crippen molar-refractivity contribution >= 4 is 0 Å². The Balaban J connectivity index is 1.77. The summed E-state index contributed by atoms with van der Waals surface area (Å²) in [6, 6.07) is 6.06. The number of benzene rings is 1. The highest BCUT2D eigenvalue weighted by molar-refractivity contribution is 5.44. The standard InChI is InChI=1S/C14H19NO3/c1-9(2)14-15-8-13(18-14)10-3-4-11-12(7-10)17-6-5-16-11/h3-4,7,9,13-15H,5-6,8H2,1-2H3. The summed E-state index contributed by atoms with van der Waals surface area (Å²) in [5.41, 5.74) is 1.15. The molecule has 1 aromatic rings. The summed E-state index contributed by atoms with van der Waals surface area (Å²) in [6.07, 6.45) is 0.247. The quantitative estimate of drug-likeness (QED) is 0.871. The molecule has 18 heavy (non-hydrogen) atoms. The van der Waals surface area contributed by atoms with Crippen molar-refractivity contribution in [3.05, 3.63) is 23.8 Å². The average molecular weight is 249 g/mol. The molecule has 0 aliphatic carbocycles. The van der Waals surface area contributed by atoms with Crippen LogP contribution in [0.4, 0.5) is 0 Å². The van der Waals surface area contributed by atoms with Gasteiger partial charge in [-0.05, 0) is 23.6 Å². The molecule has 98 valence electrons. The van der Waals surface area contributed by atoms with E-state index >= 15 is 0 Å². The van der Waals surface area contributed by atoms with Crippen LogP contribution >= 0.6 is 0 Å². The third-order valence-corrected chi connectivity index (χ3v) is 3.36. The smallest absolute Gasteiger partial charge is 0.161 e. The Hall–Kier alpha value is -1.26. The molecule has 2 aliphatic rings. The molecule has 2 aliphatic heterocycles. The van der Waals surface area contributed by atoms with Crippen molar-refractivity contribution < 1.29 is 14.2 Å². The van der Waals surface area contributed by atoms with Gasteiger partial charge in [0.05, 0.1) is 6.10 Å². The minimum absolute atomic E-state index is 0.105. The molecule has 0 radical (unpaired) electrons. The molecule has 1 fully saturated rings. The summed E-state index contributed by atoms with van der Waals surface area (Å²) in [5.74, 6) is 2.14. The molecule has 0 spiro atoms. The lowest BCUT2D eigenvalue weighted by Gasteiger charge is -2.20. The minimum Gasteiger partial charge on any atom is -0.486 e. The molecule has 2 unspecified atom stereocenters. The van der Waals surface area contributed by atoms with Gasteiger partial charge < -0.3 is 14.2 Å².